The summed E-state index contributed by atoms with van der Waals surface area (Å²) in [5.74, 6) is 1.66. The van der Waals surface area contributed by atoms with Crippen LogP contribution < -0.4 is 10.1 Å². The molecule has 3 N–H and O–H groups in total. The van der Waals surface area contributed by atoms with E-state index in [-0.39, 0.29) is 6.10 Å². The first-order valence-electron chi connectivity index (χ1n) is 9.66. The van der Waals surface area contributed by atoms with Crippen molar-refractivity contribution in [3.05, 3.63) is 42.6 Å². The van der Waals surface area contributed by atoms with Gasteiger partial charge in [0.2, 0.25) is 0 Å². The van der Waals surface area contributed by atoms with E-state index in [0.29, 0.717) is 6.04 Å². The third kappa shape index (κ3) is 3.07. The molecule has 0 amide bonds. The fraction of sp³-hybridized carbons (Fsp3) is 0.333. The predicted molar refractivity (Wildman–Crippen MR) is 109 cm³/mol. The molecule has 7 heteroatoms. The number of aliphatic hydroxyl groups excluding tert-OH is 1. The minimum atomic E-state index is -0.158. The number of aromatic nitrogens is 4. The van der Waals surface area contributed by atoms with Crippen LogP contribution in [0.5, 0.6) is 5.75 Å². The van der Waals surface area contributed by atoms with E-state index >= 15 is 0 Å². The van der Waals surface area contributed by atoms with Crippen molar-refractivity contribution in [2.45, 2.75) is 37.8 Å². The number of aliphatic hydroxyl groups is 1. The van der Waals surface area contributed by atoms with Gasteiger partial charge in [-0.1, -0.05) is 0 Å². The molecule has 28 heavy (non-hydrogen) atoms. The molecule has 1 aliphatic rings. The van der Waals surface area contributed by atoms with Crippen LogP contribution in [-0.2, 0) is 0 Å². The van der Waals surface area contributed by atoms with E-state index in [1.807, 2.05) is 41.0 Å². The maximum absolute atomic E-state index is 9.69. The second-order valence-corrected chi connectivity index (χ2v) is 7.42. The summed E-state index contributed by atoms with van der Waals surface area (Å²) in [7, 11) is 1.67. The highest BCUT2D eigenvalue weighted by molar-refractivity contribution is 5.86. The summed E-state index contributed by atoms with van der Waals surface area (Å²) in [5, 5.41) is 19.0. The van der Waals surface area contributed by atoms with Gasteiger partial charge in [0, 0.05) is 16.9 Å². The molecule has 0 unspecified atom stereocenters. The van der Waals surface area contributed by atoms with Gasteiger partial charge in [-0.05, 0) is 62.1 Å². The number of fused-ring (bicyclic) bond motifs is 2. The van der Waals surface area contributed by atoms with Gasteiger partial charge in [0.05, 0.1) is 25.1 Å². The van der Waals surface area contributed by atoms with Crippen LogP contribution in [0.1, 0.15) is 25.7 Å². The number of H-pyrrole nitrogens is 1. The summed E-state index contributed by atoms with van der Waals surface area (Å²) in [6.45, 7) is 0. The first kappa shape index (κ1) is 17.1. The van der Waals surface area contributed by atoms with Crippen LogP contribution in [0.3, 0.4) is 0 Å². The van der Waals surface area contributed by atoms with Crippen molar-refractivity contribution in [2.24, 2.45) is 0 Å². The molecule has 0 aliphatic heterocycles. The Bertz CT molecular complexity index is 1120. The lowest BCUT2D eigenvalue weighted by Gasteiger charge is -2.26. The Kier molecular flexibility index (Phi) is 4.16. The molecular formula is C21H23N5O2. The van der Waals surface area contributed by atoms with Crippen LogP contribution in [0.2, 0.25) is 0 Å². The van der Waals surface area contributed by atoms with E-state index in [0.717, 1.165) is 65.2 Å². The molecule has 0 saturated heterocycles. The zero-order valence-corrected chi connectivity index (χ0v) is 15.7. The lowest BCUT2D eigenvalue weighted by atomic mass is 9.93. The molecule has 4 aromatic rings. The third-order valence-electron chi connectivity index (χ3n) is 5.51. The average molecular weight is 377 g/mol. The summed E-state index contributed by atoms with van der Waals surface area (Å²) in [6.07, 6.45) is 5.28. The Morgan fingerprint density at radius 3 is 2.82 bits per heavy atom. The van der Waals surface area contributed by atoms with Gasteiger partial charge in [-0.2, -0.15) is 0 Å². The van der Waals surface area contributed by atoms with Crippen molar-refractivity contribution in [1.82, 2.24) is 19.6 Å². The molecule has 1 saturated carbocycles. The standard InChI is InChI=1S/C21H23N5O2/c1-28-16-6-7-17-13(10-16)11-18(24-17)19-12-22-21-9-8-20(25-26(19)21)23-14-2-4-15(27)5-3-14/h6-12,14-15,24,27H,2-5H2,1H3,(H,23,25)/t14-,15-. The quantitative estimate of drug-likeness (QED) is 0.506. The van der Waals surface area contributed by atoms with Gasteiger partial charge in [-0.3, -0.25) is 0 Å². The number of benzene rings is 1. The van der Waals surface area contributed by atoms with Crippen LogP contribution in [0.25, 0.3) is 27.9 Å². The van der Waals surface area contributed by atoms with E-state index in [2.05, 4.69) is 21.4 Å². The summed E-state index contributed by atoms with van der Waals surface area (Å²) < 4.78 is 7.18. The number of methoxy groups -OCH3 is 1. The molecule has 3 aromatic heterocycles. The molecule has 144 valence electrons. The van der Waals surface area contributed by atoms with Gasteiger partial charge in [-0.25, -0.2) is 9.50 Å². The highest BCUT2D eigenvalue weighted by Gasteiger charge is 2.20. The number of aromatic amines is 1. The van der Waals surface area contributed by atoms with Crippen molar-refractivity contribution in [3.63, 3.8) is 0 Å². The number of anilines is 1. The second-order valence-electron chi connectivity index (χ2n) is 7.42. The van der Waals surface area contributed by atoms with E-state index in [1.165, 1.54) is 0 Å². The highest BCUT2D eigenvalue weighted by Crippen LogP contribution is 2.28. The van der Waals surface area contributed by atoms with Crippen molar-refractivity contribution >= 4 is 22.4 Å². The second kappa shape index (κ2) is 6.83. The van der Waals surface area contributed by atoms with Gasteiger partial charge >= 0.3 is 0 Å². The Labute approximate surface area is 162 Å². The Hall–Kier alpha value is -3.06. The molecule has 5 rings (SSSR count). The van der Waals surface area contributed by atoms with E-state index in [1.54, 1.807) is 7.11 Å². The molecule has 1 aromatic carbocycles. The maximum Gasteiger partial charge on any atom is 0.154 e. The molecule has 0 atom stereocenters. The largest absolute Gasteiger partial charge is 0.497 e. The van der Waals surface area contributed by atoms with Crippen molar-refractivity contribution in [3.8, 4) is 17.1 Å². The molecule has 3 heterocycles. The van der Waals surface area contributed by atoms with E-state index in [4.69, 9.17) is 9.84 Å². The molecule has 7 nitrogen and oxygen atoms in total. The Morgan fingerprint density at radius 1 is 1.14 bits per heavy atom. The number of hydrogen-bond donors (Lipinski definition) is 3. The molecular weight excluding hydrogens is 354 g/mol. The highest BCUT2D eigenvalue weighted by atomic mass is 16.5. The van der Waals surface area contributed by atoms with E-state index < -0.39 is 0 Å². The van der Waals surface area contributed by atoms with Gasteiger partial charge < -0.3 is 20.1 Å². The van der Waals surface area contributed by atoms with Gasteiger partial charge in [-0.15, -0.1) is 5.10 Å². The van der Waals surface area contributed by atoms with Crippen LogP contribution in [0.15, 0.2) is 42.6 Å². The summed E-state index contributed by atoms with van der Waals surface area (Å²) in [4.78, 5) is 7.93. The van der Waals surface area contributed by atoms with Gasteiger partial charge in [0.1, 0.15) is 17.3 Å². The number of hydrogen-bond acceptors (Lipinski definition) is 5. The fourth-order valence-electron chi connectivity index (χ4n) is 3.94. The first-order chi connectivity index (χ1) is 13.7. The lowest BCUT2D eigenvalue weighted by Crippen LogP contribution is -2.28. The monoisotopic (exact) mass is 377 g/mol. The minimum Gasteiger partial charge on any atom is -0.497 e. The summed E-state index contributed by atoms with van der Waals surface area (Å²) in [5.41, 5.74) is 3.71. The maximum atomic E-state index is 9.69. The lowest BCUT2D eigenvalue weighted by molar-refractivity contribution is 0.126. The van der Waals surface area contributed by atoms with Gasteiger partial charge in [0.15, 0.2) is 5.65 Å². The zero-order chi connectivity index (χ0) is 19.1. The van der Waals surface area contributed by atoms with Gasteiger partial charge in [0.25, 0.3) is 0 Å². The third-order valence-corrected chi connectivity index (χ3v) is 5.51. The Balaban J connectivity index is 1.48. The van der Waals surface area contributed by atoms with Crippen molar-refractivity contribution < 1.29 is 9.84 Å². The van der Waals surface area contributed by atoms with E-state index in [9.17, 15) is 5.11 Å². The number of imidazole rings is 1. The topological polar surface area (TPSA) is 87.5 Å². The van der Waals surface area contributed by atoms with Crippen molar-refractivity contribution in [2.75, 3.05) is 12.4 Å². The summed E-state index contributed by atoms with van der Waals surface area (Å²) in [6, 6.07) is 12.3. The number of rotatable bonds is 4. The van der Waals surface area contributed by atoms with Crippen LogP contribution in [0, 0.1) is 0 Å². The smallest absolute Gasteiger partial charge is 0.154 e. The minimum absolute atomic E-state index is 0.158. The SMILES string of the molecule is COc1ccc2[nH]c(-c3cnc4ccc(N[C@H]5CC[C@H](O)CC5)nn34)cc2c1. The molecule has 0 bridgehead atoms. The molecule has 0 spiro atoms. The molecule has 1 fully saturated rings. The van der Waals surface area contributed by atoms with Crippen LogP contribution in [0.4, 0.5) is 5.82 Å². The number of ether oxygens (including phenoxy) is 1. The summed E-state index contributed by atoms with van der Waals surface area (Å²) >= 11 is 0. The zero-order valence-electron chi connectivity index (χ0n) is 15.7. The number of nitrogens with one attached hydrogen (secondary N) is 2. The average Bonchev–Trinajstić information content (AvgIpc) is 3.32. The molecule has 0 radical (unpaired) electrons. The normalized spacial score (nSPS) is 19.9. The predicted octanol–water partition coefficient (Wildman–Crippen LogP) is 3.60. The first-order valence-corrected chi connectivity index (χ1v) is 9.66. The van der Waals surface area contributed by atoms with Crippen LogP contribution >= 0.6 is 0 Å². The molecule has 1 aliphatic carbocycles. The number of nitrogens with zero attached hydrogens (tertiary/aromatic N) is 3. The van der Waals surface area contributed by atoms with Crippen molar-refractivity contribution in [1.29, 1.82) is 0 Å². The fourth-order valence-corrected chi connectivity index (χ4v) is 3.94. The Morgan fingerprint density at radius 2 is 2.00 bits per heavy atom. The van der Waals surface area contributed by atoms with Crippen LogP contribution in [-0.4, -0.2) is 43.9 Å².